The molecule has 1 aliphatic heterocycles. The molecular formula is C26H39NO7. The van der Waals surface area contributed by atoms with Crippen LogP contribution in [0, 0.1) is 11.8 Å². The second kappa shape index (κ2) is 12.9. The van der Waals surface area contributed by atoms with Crippen molar-refractivity contribution in [2.45, 2.75) is 90.8 Å². The van der Waals surface area contributed by atoms with E-state index in [1.165, 1.54) is 0 Å². The summed E-state index contributed by atoms with van der Waals surface area (Å²) in [5.41, 5.74) is 0.125. The standard InChI is InChI=1S/C26H39NO7/c1-17(2)15-19(24(29)30)22(28)23(33-21-13-9-10-14-32-21)20(16-18-11-7-6-8-12-18)27-25(31)34-26(3,4)5/h6-8,11-12,17,19-21,23H,9-10,13-16H2,1-5H3,(H,27,31)(H,29,30)/t19-,20+,21?,23-/m0/s1. The fourth-order valence-electron chi connectivity index (χ4n) is 3.91. The van der Waals surface area contributed by atoms with Gasteiger partial charge in [-0.05, 0) is 64.4 Å². The highest BCUT2D eigenvalue weighted by molar-refractivity contribution is 6.01. The molecule has 1 aromatic rings. The maximum atomic E-state index is 13.6. The van der Waals surface area contributed by atoms with Gasteiger partial charge in [0.2, 0.25) is 0 Å². The largest absolute Gasteiger partial charge is 0.481 e. The third kappa shape index (κ3) is 9.43. The Balaban J connectivity index is 2.40. The van der Waals surface area contributed by atoms with Gasteiger partial charge in [0.1, 0.15) is 17.6 Å². The second-order valence-electron chi connectivity index (χ2n) is 10.2. The molecule has 1 unspecified atom stereocenters. The first-order valence-corrected chi connectivity index (χ1v) is 12.0. The van der Waals surface area contributed by atoms with E-state index in [1.807, 2.05) is 44.2 Å². The highest BCUT2D eigenvalue weighted by Gasteiger charge is 2.41. The summed E-state index contributed by atoms with van der Waals surface area (Å²) in [5, 5.41) is 12.6. The van der Waals surface area contributed by atoms with Gasteiger partial charge in [0, 0.05) is 6.61 Å². The van der Waals surface area contributed by atoms with Crippen molar-refractivity contribution in [2.75, 3.05) is 6.61 Å². The fraction of sp³-hybridized carbons (Fsp3) is 0.654. The zero-order valence-electron chi connectivity index (χ0n) is 20.9. The highest BCUT2D eigenvalue weighted by Crippen LogP contribution is 2.24. The molecule has 0 radical (unpaired) electrons. The molecule has 0 aliphatic carbocycles. The summed E-state index contributed by atoms with van der Waals surface area (Å²) in [6.45, 7) is 9.47. The molecule has 1 aliphatic rings. The van der Waals surface area contributed by atoms with Crippen molar-refractivity contribution in [3.63, 3.8) is 0 Å². The summed E-state index contributed by atoms with van der Waals surface area (Å²) < 4.78 is 17.3. The van der Waals surface area contributed by atoms with Gasteiger partial charge >= 0.3 is 12.1 Å². The Labute approximate surface area is 202 Å². The Bertz CT molecular complexity index is 797. The Hall–Kier alpha value is -2.45. The van der Waals surface area contributed by atoms with E-state index in [4.69, 9.17) is 14.2 Å². The van der Waals surface area contributed by atoms with Crippen LogP contribution >= 0.6 is 0 Å². The van der Waals surface area contributed by atoms with Crippen LogP contribution in [-0.4, -0.2) is 53.6 Å². The van der Waals surface area contributed by atoms with Crippen molar-refractivity contribution >= 4 is 17.8 Å². The Morgan fingerprint density at radius 3 is 2.35 bits per heavy atom. The van der Waals surface area contributed by atoms with E-state index in [2.05, 4.69) is 5.32 Å². The molecule has 2 N–H and O–H groups in total. The van der Waals surface area contributed by atoms with Gasteiger partial charge in [0.25, 0.3) is 0 Å². The van der Waals surface area contributed by atoms with Gasteiger partial charge in [-0.3, -0.25) is 9.59 Å². The number of ketones is 1. The van der Waals surface area contributed by atoms with Gasteiger partial charge in [-0.2, -0.15) is 0 Å². The lowest BCUT2D eigenvalue weighted by atomic mass is 9.87. The number of benzene rings is 1. The summed E-state index contributed by atoms with van der Waals surface area (Å²) in [5.74, 6) is -3.05. The van der Waals surface area contributed by atoms with Crippen LogP contribution in [0.5, 0.6) is 0 Å². The zero-order valence-corrected chi connectivity index (χ0v) is 20.9. The molecule has 190 valence electrons. The average molecular weight is 478 g/mol. The number of hydrogen-bond donors (Lipinski definition) is 2. The van der Waals surface area contributed by atoms with Gasteiger partial charge in [0.05, 0.1) is 6.04 Å². The SMILES string of the molecule is CC(C)C[C@H](C(=O)O)C(=O)[C@@H](OC1CCCCO1)[C@@H](Cc1ccccc1)NC(=O)OC(C)(C)C. The number of aliphatic carboxylic acids is 1. The number of carboxylic acid groups (broad SMARTS) is 1. The number of carboxylic acids is 1. The van der Waals surface area contributed by atoms with Crippen molar-refractivity contribution in [1.29, 1.82) is 0 Å². The molecule has 0 aromatic heterocycles. The molecular weight excluding hydrogens is 438 g/mol. The molecule has 8 nitrogen and oxygen atoms in total. The van der Waals surface area contributed by atoms with Crippen LogP contribution in [0.1, 0.15) is 65.9 Å². The Kier molecular flexibility index (Phi) is 10.5. The minimum absolute atomic E-state index is 0.0111. The second-order valence-corrected chi connectivity index (χ2v) is 10.2. The van der Waals surface area contributed by atoms with E-state index >= 15 is 0 Å². The maximum absolute atomic E-state index is 13.6. The van der Waals surface area contributed by atoms with Gasteiger partial charge in [-0.25, -0.2) is 4.79 Å². The van der Waals surface area contributed by atoms with Crippen molar-refractivity contribution in [3.8, 4) is 0 Å². The van der Waals surface area contributed by atoms with Crippen LogP contribution in [0.3, 0.4) is 0 Å². The molecule has 0 spiro atoms. The molecule has 0 bridgehead atoms. The van der Waals surface area contributed by atoms with E-state index in [9.17, 15) is 19.5 Å². The smallest absolute Gasteiger partial charge is 0.407 e. The zero-order chi connectivity index (χ0) is 25.3. The van der Waals surface area contributed by atoms with Crippen molar-refractivity contribution in [3.05, 3.63) is 35.9 Å². The third-order valence-electron chi connectivity index (χ3n) is 5.43. The van der Waals surface area contributed by atoms with Crippen LogP contribution in [-0.2, 0) is 30.2 Å². The minimum atomic E-state index is -1.26. The fourth-order valence-corrected chi connectivity index (χ4v) is 3.91. The molecule has 1 heterocycles. The van der Waals surface area contributed by atoms with Gasteiger partial charge in [-0.15, -0.1) is 0 Å². The van der Waals surface area contributed by atoms with E-state index in [0.717, 1.165) is 18.4 Å². The molecule has 0 saturated carbocycles. The number of ether oxygens (including phenoxy) is 3. The summed E-state index contributed by atoms with van der Waals surface area (Å²) in [7, 11) is 0. The number of Topliss-reactive ketones (excluding diaryl/α,β-unsaturated/α-hetero) is 1. The number of alkyl carbamates (subject to hydrolysis) is 1. The minimum Gasteiger partial charge on any atom is -0.481 e. The van der Waals surface area contributed by atoms with E-state index in [-0.39, 0.29) is 18.8 Å². The number of rotatable bonds is 11. The molecule has 34 heavy (non-hydrogen) atoms. The molecule has 1 saturated heterocycles. The third-order valence-corrected chi connectivity index (χ3v) is 5.43. The Morgan fingerprint density at radius 1 is 1.15 bits per heavy atom. The molecule has 8 heteroatoms. The first-order valence-electron chi connectivity index (χ1n) is 12.0. The topological polar surface area (TPSA) is 111 Å². The number of nitrogens with one attached hydrogen (secondary N) is 1. The summed E-state index contributed by atoms with van der Waals surface area (Å²) in [6.07, 6.45) is 0.244. The van der Waals surface area contributed by atoms with Crippen molar-refractivity contribution < 1.29 is 33.7 Å². The number of carbonyl (C=O) groups is 3. The van der Waals surface area contributed by atoms with Crippen LogP contribution in [0.25, 0.3) is 0 Å². The number of amides is 1. The van der Waals surface area contributed by atoms with E-state index in [1.54, 1.807) is 20.8 Å². The predicted molar refractivity (Wildman–Crippen MR) is 127 cm³/mol. The van der Waals surface area contributed by atoms with Gasteiger partial charge in [0.15, 0.2) is 12.1 Å². The monoisotopic (exact) mass is 477 g/mol. The molecule has 1 aromatic carbocycles. The number of carbonyl (C=O) groups excluding carboxylic acids is 2. The lowest BCUT2D eigenvalue weighted by molar-refractivity contribution is -0.198. The summed E-state index contributed by atoms with van der Waals surface area (Å²) >= 11 is 0. The molecule has 1 fully saturated rings. The van der Waals surface area contributed by atoms with E-state index < -0.39 is 47.8 Å². The first kappa shape index (κ1) is 27.8. The normalized spacial score (nSPS) is 19.2. The summed E-state index contributed by atoms with van der Waals surface area (Å²) in [4.78, 5) is 38.4. The van der Waals surface area contributed by atoms with Crippen LogP contribution in [0.4, 0.5) is 4.79 Å². The quantitative estimate of drug-likeness (QED) is 0.456. The summed E-state index contributed by atoms with van der Waals surface area (Å²) in [6, 6.07) is 8.51. The van der Waals surface area contributed by atoms with Gasteiger partial charge < -0.3 is 24.6 Å². The lowest BCUT2D eigenvalue weighted by Crippen LogP contribution is -2.54. The molecule has 4 atom stereocenters. The van der Waals surface area contributed by atoms with Gasteiger partial charge in [-0.1, -0.05) is 44.2 Å². The first-order chi connectivity index (χ1) is 16.0. The highest BCUT2D eigenvalue weighted by atomic mass is 16.7. The van der Waals surface area contributed by atoms with Crippen molar-refractivity contribution in [1.82, 2.24) is 5.32 Å². The maximum Gasteiger partial charge on any atom is 0.407 e. The van der Waals surface area contributed by atoms with E-state index in [0.29, 0.717) is 13.0 Å². The number of hydrogen-bond acceptors (Lipinski definition) is 6. The predicted octanol–water partition coefficient (Wildman–Crippen LogP) is 4.35. The Morgan fingerprint density at radius 2 is 1.82 bits per heavy atom. The molecule has 2 rings (SSSR count). The van der Waals surface area contributed by atoms with Crippen molar-refractivity contribution in [2.24, 2.45) is 11.8 Å². The molecule has 1 amide bonds. The van der Waals surface area contributed by atoms with Crippen LogP contribution in [0.2, 0.25) is 0 Å². The lowest BCUT2D eigenvalue weighted by Gasteiger charge is -2.34. The average Bonchev–Trinajstić information content (AvgIpc) is 2.75. The van der Waals surface area contributed by atoms with Crippen LogP contribution in [0.15, 0.2) is 30.3 Å². The van der Waals surface area contributed by atoms with Crippen LogP contribution < -0.4 is 5.32 Å².